The maximum atomic E-state index is 12.8. The summed E-state index contributed by atoms with van der Waals surface area (Å²) in [5.41, 5.74) is 0.788. The van der Waals surface area contributed by atoms with Crippen molar-refractivity contribution in [3.63, 3.8) is 0 Å². The van der Waals surface area contributed by atoms with Crippen LogP contribution in [0.25, 0.3) is 0 Å². The van der Waals surface area contributed by atoms with Gasteiger partial charge in [0, 0.05) is 18.8 Å². The van der Waals surface area contributed by atoms with Crippen LogP contribution in [0, 0.1) is 0 Å². The highest BCUT2D eigenvalue weighted by Crippen LogP contribution is 2.17. The summed E-state index contributed by atoms with van der Waals surface area (Å²) in [6.45, 7) is 6.01. The third-order valence-electron chi connectivity index (χ3n) is 5.59. The maximum absolute atomic E-state index is 12.8. The number of amides is 2. The number of nitrogens with zero attached hydrogens (tertiary/aromatic N) is 1. The molecule has 184 valence electrons. The van der Waals surface area contributed by atoms with E-state index in [-0.39, 0.29) is 24.8 Å². The number of hydrogen-bond acceptors (Lipinski definition) is 6. The van der Waals surface area contributed by atoms with Gasteiger partial charge in [-0.3, -0.25) is 14.4 Å². The van der Waals surface area contributed by atoms with Gasteiger partial charge < -0.3 is 25.0 Å². The first-order valence-corrected chi connectivity index (χ1v) is 12.2. The summed E-state index contributed by atoms with van der Waals surface area (Å²) in [6, 6.07) is 6.65. The lowest BCUT2D eigenvalue weighted by Gasteiger charge is -2.34. The highest BCUT2D eigenvalue weighted by atomic mass is 16.5. The minimum absolute atomic E-state index is 0.0340. The first-order valence-electron chi connectivity index (χ1n) is 12.2. The molecule has 2 N–H and O–H groups in total. The number of unbranched alkanes of at least 4 members (excludes halogenated alkanes) is 5. The molecule has 33 heavy (non-hydrogen) atoms. The van der Waals surface area contributed by atoms with Crippen molar-refractivity contribution in [2.45, 2.75) is 71.3 Å². The van der Waals surface area contributed by atoms with Crippen LogP contribution in [-0.2, 0) is 19.1 Å². The minimum Gasteiger partial charge on any atom is -0.494 e. The molecule has 0 spiro atoms. The molecule has 1 saturated heterocycles. The van der Waals surface area contributed by atoms with Gasteiger partial charge in [-0.05, 0) is 37.1 Å². The Bertz CT molecular complexity index is 738. The Hall–Kier alpha value is -2.77. The Morgan fingerprint density at radius 3 is 2.48 bits per heavy atom. The lowest BCUT2D eigenvalue weighted by Crippen LogP contribution is -2.58. The van der Waals surface area contributed by atoms with Crippen molar-refractivity contribution >= 4 is 23.5 Å². The van der Waals surface area contributed by atoms with Crippen LogP contribution in [0.15, 0.2) is 24.3 Å². The molecule has 1 aliphatic heterocycles. The molecule has 8 heteroatoms. The number of anilines is 1. The van der Waals surface area contributed by atoms with E-state index >= 15 is 0 Å². The van der Waals surface area contributed by atoms with Crippen LogP contribution < -0.4 is 15.4 Å². The van der Waals surface area contributed by atoms with Crippen molar-refractivity contribution in [3.8, 4) is 5.75 Å². The number of carbonyl (C=O) groups excluding carboxylic acids is 3. The number of nitrogens with one attached hydrogen (secondary N) is 2. The SMILES string of the molecule is CCCCCCCOc1ccc(NCC(=O)N2CCNC(=O)C2CC(=O)OCCCC)cc1. The van der Waals surface area contributed by atoms with Gasteiger partial charge in [0.1, 0.15) is 11.8 Å². The summed E-state index contributed by atoms with van der Waals surface area (Å²) in [5, 5.41) is 5.82. The standard InChI is InChI=1S/C25H39N3O5/c1-3-5-7-8-9-17-32-21-12-10-20(11-13-21)27-19-23(29)28-15-14-26-25(31)22(28)18-24(30)33-16-6-4-2/h10-13,22,27H,3-9,14-19H2,1-2H3,(H,26,31). The summed E-state index contributed by atoms with van der Waals surface area (Å²) in [7, 11) is 0. The number of benzene rings is 1. The molecule has 1 heterocycles. The Labute approximate surface area is 197 Å². The fourth-order valence-electron chi connectivity index (χ4n) is 3.61. The van der Waals surface area contributed by atoms with E-state index in [0.717, 1.165) is 30.7 Å². The Morgan fingerprint density at radius 2 is 1.76 bits per heavy atom. The van der Waals surface area contributed by atoms with Gasteiger partial charge >= 0.3 is 5.97 Å². The zero-order valence-electron chi connectivity index (χ0n) is 20.1. The summed E-state index contributed by atoms with van der Waals surface area (Å²) in [4.78, 5) is 38.6. The molecule has 8 nitrogen and oxygen atoms in total. The van der Waals surface area contributed by atoms with Gasteiger partial charge in [-0.2, -0.15) is 0 Å². The molecule has 1 fully saturated rings. The molecule has 2 amide bonds. The van der Waals surface area contributed by atoms with Gasteiger partial charge in [0.25, 0.3) is 0 Å². The molecule has 1 atom stereocenters. The molecule has 1 unspecified atom stereocenters. The van der Waals surface area contributed by atoms with Crippen molar-refractivity contribution < 1.29 is 23.9 Å². The second-order valence-corrected chi connectivity index (χ2v) is 8.31. The Balaban J connectivity index is 1.79. The molecule has 0 bridgehead atoms. The zero-order chi connectivity index (χ0) is 23.9. The number of piperazine rings is 1. The quantitative estimate of drug-likeness (QED) is 0.306. The lowest BCUT2D eigenvalue weighted by molar-refractivity contribution is -0.151. The molecule has 1 aromatic carbocycles. The predicted octanol–water partition coefficient (Wildman–Crippen LogP) is 3.51. The molecular weight excluding hydrogens is 422 g/mol. The second-order valence-electron chi connectivity index (χ2n) is 8.31. The highest BCUT2D eigenvalue weighted by Gasteiger charge is 2.34. The topological polar surface area (TPSA) is 97.0 Å². The fraction of sp³-hybridized carbons (Fsp3) is 0.640. The molecule has 0 aromatic heterocycles. The number of carbonyl (C=O) groups is 3. The van der Waals surface area contributed by atoms with Gasteiger partial charge in [-0.1, -0.05) is 46.0 Å². The third-order valence-corrected chi connectivity index (χ3v) is 5.59. The van der Waals surface area contributed by atoms with Crippen molar-refractivity contribution in [1.82, 2.24) is 10.2 Å². The van der Waals surface area contributed by atoms with Crippen LogP contribution in [0.4, 0.5) is 5.69 Å². The predicted molar refractivity (Wildman–Crippen MR) is 128 cm³/mol. The Morgan fingerprint density at radius 1 is 1.03 bits per heavy atom. The van der Waals surface area contributed by atoms with Gasteiger partial charge in [-0.25, -0.2) is 0 Å². The van der Waals surface area contributed by atoms with Crippen molar-refractivity contribution in [2.75, 3.05) is 38.2 Å². The van der Waals surface area contributed by atoms with Crippen LogP contribution in [0.5, 0.6) is 5.75 Å². The number of rotatable bonds is 15. The molecule has 0 saturated carbocycles. The zero-order valence-corrected chi connectivity index (χ0v) is 20.1. The highest BCUT2D eigenvalue weighted by molar-refractivity contribution is 5.93. The van der Waals surface area contributed by atoms with Crippen LogP contribution in [0.3, 0.4) is 0 Å². The summed E-state index contributed by atoms with van der Waals surface area (Å²) < 4.78 is 10.9. The largest absolute Gasteiger partial charge is 0.494 e. The van der Waals surface area contributed by atoms with E-state index in [1.54, 1.807) is 0 Å². The normalized spacial score (nSPS) is 15.6. The second kappa shape index (κ2) is 15.1. The van der Waals surface area contributed by atoms with Crippen LogP contribution in [0.2, 0.25) is 0 Å². The molecular formula is C25H39N3O5. The lowest BCUT2D eigenvalue weighted by atomic mass is 10.1. The molecule has 1 aliphatic rings. The first-order chi connectivity index (χ1) is 16.0. The summed E-state index contributed by atoms with van der Waals surface area (Å²) in [6.07, 6.45) is 7.53. The number of esters is 1. The average molecular weight is 462 g/mol. The van der Waals surface area contributed by atoms with E-state index in [1.165, 1.54) is 30.6 Å². The first kappa shape index (κ1) is 26.5. The summed E-state index contributed by atoms with van der Waals surface area (Å²) in [5.74, 6) is -0.212. The number of ether oxygens (including phenoxy) is 2. The molecule has 0 aliphatic carbocycles. The monoisotopic (exact) mass is 461 g/mol. The minimum atomic E-state index is -0.838. The van der Waals surface area contributed by atoms with Gasteiger partial charge in [0.15, 0.2) is 0 Å². The van der Waals surface area contributed by atoms with E-state index in [1.807, 2.05) is 31.2 Å². The van der Waals surface area contributed by atoms with Crippen LogP contribution >= 0.6 is 0 Å². The van der Waals surface area contributed by atoms with E-state index in [2.05, 4.69) is 17.6 Å². The third kappa shape index (κ3) is 9.72. The maximum Gasteiger partial charge on any atom is 0.308 e. The van der Waals surface area contributed by atoms with Gasteiger partial charge in [-0.15, -0.1) is 0 Å². The van der Waals surface area contributed by atoms with E-state index in [4.69, 9.17) is 9.47 Å². The van der Waals surface area contributed by atoms with Crippen LogP contribution in [-0.4, -0.2) is 61.6 Å². The van der Waals surface area contributed by atoms with Gasteiger partial charge in [0.05, 0.1) is 26.2 Å². The van der Waals surface area contributed by atoms with Crippen LogP contribution in [0.1, 0.15) is 65.2 Å². The summed E-state index contributed by atoms with van der Waals surface area (Å²) >= 11 is 0. The number of hydrogen-bond donors (Lipinski definition) is 2. The van der Waals surface area contributed by atoms with E-state index in [9.17, 15) is 14.4 Å². The molecule has 0 radical (unpaired) electrons. The Kier molecular flexibility index (Phi) is 12.1. The van der Waals surface area contributed by atoms with Crippen molar-refractivity contribution in [3.05, 3.63) is 24.3 Å². The van der Waals surface area contributed by atoms with Gasteiger partial charge in [0.2, 0.25) is 11.8 Å². The van der Waals surface area contributed by atoms with Crippen molar-refractivity contribution in [1.29, 1.82) is 0 Å². The molecule has 2 rings (SSSR count). The van der Waals surface area contributed by atoms with E-state index in [0.29, 0.717) is 26.3 Å². The smallest absolute Gasteiger partial charge is 0.308 e. The van der Waals surface area contributed by atoms with E-state index < -0.39 is 12.0 Å². The van der Waals surface area contributed by atoms with Crippen molar-refractivity contribution in [2.24, 2.45) is 0 Å². The average Bonchev–Trinajstić information content (AvgIpc) is 2.82. The molecule has 1 aromatic rings. The fourth-order valence-corrected chi connectivity index (χ4v) is 3.61.